The SMILES string of the molecule is CCOc1cc(/C=C(\C#N)C(=O)Nc2sc3c(c2C#N)CCCC3)c(Br)cc1OC. The van der Waals surface area contributed by atoms with E-state index in [0.29, 0.717) is 38.7 Å². The predicted molar refractivity (Wildman–Crippen MR) is 120 cm³/mol. The lowest BCUT2D eigenvalue weighted by Crippen LogP contribution is -2.13. The molecule has 154 valence electrons. The number of thiophene rings is 1. The Balaban J connectivity index is 1.92. The molecule has 1 aliphatic rings. The summed E-state index contributed by atoms with van der Waals surface area (Å²) in [4.78, 5) is 13.9. The van der Waals surface area contributed by atoms with Crippen molar-refractivity contribution in [2.24, 2.45) is 0 Å². The molecular weight excluding hydrogens is 466 g/mol. The number of anilines is 1. The fraction of sp³-hybridized carbons (Fsp3) is 0.318. The Morgan fingerprint density at radius 2 is 2.07 bits per heavy atom. The van der Waals surface area contributed by atoms with Gasteiger partial charge < -0.3 is 14.8 Å². The van der Waals surface area contributed by atoms with Crippen LogP contribution in [-0.2, 0) is 17.6 Å². The van der Waals surface area contributed by atoms with Gasteiger partial charge in [0.2, 0.25) is 0 Å². The molecule has 6 nitrogen and oxygen atoms in total. The van der Waals surface area contributed by atoms with Gasteiger partial charge in [-0.3, -0.25) is 4.79 Å². The van der Waals surface area contributed by atoms with Gasteiger partial charge in [-0.05, 0) is 61.9 Å². The molecule has 1 N–H and O–H groups in total. The summed E-state index contributed by atoms with van der Waals surface area (Å²) in [7, 11) is 1.54. The third-order valence-electron chi connectivity index (χ3n) is 4.76. The van der Waals surface area contributed by atoms with E-state index in [9.17, 15) is 15.3 Å². The van der Waals surface area contributed by atoms with Crippen molar-refractivity contribution < 1.29 is 14.3 Å². The molecule has 0 atom stereocenters. The lowest BCUT2D eigenvalue weighted by Gasteiger charge is -2.12. The van der Waals surface area contributed by atoms with Crippen molar-refractivity contribution >= 4 is 44.3 Å². The van der Waals surface area contributed by atoms with Gasteiger partial charge in [-0.1, -0.05) is 15.9 Å². The molecular formula is C22H20BrN3O3S. The van der Waals surface area contributed by atoms with Crippen LogP contribution in [0.3, 0.4) is 0 Å². The van der Waals surface area contributed by atoms with Crippen LogP contribution in [0.15, 0.2) is 22.2 Å². The van der Waals surface area contributed by atoms with E-state index in [-0.39, 0.29) is 5.57 Å². The van der Waals surface area contributed by atoms with E-state index in [1.54, 1.807) is 19.2 Å². The summed E-state index contributed by atoms with van der Waals surface area (Å²) < 4.78 is 11.5. The highest BCUT2D eigenvalue weighted by molar-refractivity contribution is 9.10. The molecule has 1 aromatic carbocycles. The molecule has 0 saturated carbocycles. The number of fused-ring (bicyclic) bond motifs is 1. The number of carbonyl (C=O) groups is 1. The van der Waals surface area contributed by atoms with Gasteiger partial charge in [0, 0.05) is 9.35 Å². The summed E-state index contributed by atoms with van der Waals surface area (Å²) in [5, 5.41) is 22.4. The van der Waals surface area contributed by atoms with E-state index in [2.05, 4.69) is 27.3 Å². The Hall–Kier alpha value is -2.81. The van der Waals surface area contributed by atoms with E-state index in [4.69, 9.17) is 9.47 Å². The number of carbonyl (C=O) groups excluding carboxylic acids is 1. The molecule has 1 amide bonds. The number of hydrogen-bond donors (Lipinski definition) is 1. The van der Waals surface area contributed by atoms with Crippen molar-refractivity contribution in [2.45, 2.75) is 32.6 Å². The summed E-state index contributed by atoms with van der Waals surface area (Å²) in [6.45, 7) is 2.31. The third-order valence-corrected chi connectivity index (χ3v) is 6.65. The molecule has 0 spiro atoms. The minimum Gasteiger partial charge on any atom is -0.493 e. The fourth-order valence-corrected chi connectivity index (χ4v) is 5.01. The van der Waals surface area contributed by atoms with Gasteiger partial charge in [-0.2, -0.15) is 10.5 Å². The van der Waals surface area contributed by atoms with E-state index in [1.807, 2.05) is 13.0 Å². The average Bonchev–Trinajstić information content (AvgIpc) is 3.10. The molecule has 1 aliphatic carbocycles. The van der Waals surface area contributed by atoms with Crippen LogP contribution >= 0.6 is 27.3 Å². The molecule has 0 fully saturated rings. The Labute approximate surface area is 187 Å². The van der Waals surface area contributed by atoms with Crippen molar-refractivity contribution in [1.29, 1.82) is 10.5 Å². The Morgan fingerprint density at radius 3 is 2.73 bits per heavy atom. The zero-order chi connectivity index (χ0) is 21.7. The highest BCUT2D eigenvalue weighted by Crippen LogP contribution is 2.38. The van der Waals surface area contributed by atoms with Crippen molar-refractivity contribution in [1.82, 2.24) is 0 Å². The number of nitrogens with zero attached hydrogens (tertiary/aromatic N) is 2. The van der Waals surface area contributed by atoms with Crippen LogP contribution < -0.4 is 14.8 Å². The molecule has 0 radical (unpaired) electrons. The topological polar surface area (TPSA) is 95.1 Å². The van der Waals surface area contributed by atoms with Crippen molar-refractivity contribution in [3.63, 3.8) is 0 Å². The van der Waals surface area contributed by atoms with Gasteiger partial charge in [0.05, 0.1) is 19.3 Å². The number of nitrogens with one attached hydrogen (secondary N) is 1. The van der Waals surface area contributed by atoms with Crippen molar-refractivity contribution in [3.05, 3.63) is 43.7 Å². The number of amides is 1. The minimum absolute atomic E-state index is 0.0708. The summed E-state index contributed by atoms with van der Waals surface area (Å²) in [5.41, 5.74) is 2.09. The first-order chi connectivity index (χ1) is 14.5. The average molecular weight is 486 g/mol. The molecule has 0 unspecified atom stereocenters. The van der Waals surface area contributed by atoms with Gasteiger partial charge in [0.1, 0.15) is 22.7 Å². The molecule has 30 heavy (non-hydrogen) atoms. The molecule has 0 bridgehead atoms. The van der Waals surface area contributed by atoms with Crippen LogP contribution in [-0.4, -0.2) is 19.6 Å². The molecule has 1 heterocycles. The zero-order valence-electron chi connectivity index (χ0n) is 16.7. The fourth-order valence-electron chi connectivity index (χ4n) is 3.34. The van der Waals surface area contributed by atoms with Gasteiger partial charge >= 0.3 is 0 Å². The lowest BCUT2D eigenvalue weighted by atomic mass is 9.96. The smallest absolute Gasteiger partial charge is 0.266 e. The molecule has 8 heteroatoms. The van der Waals surface area contributed by atoms with Crippen molar-refractivity contribution in [2.75, 3.05) is 19.0 Å². The van der Waals surface area contributed by atoms with Gasteiger partial charge in [0.25, 0.3) is 5.91 Å². The van der Waals surface area contributed by atoms with Crippen LogP contribution in [0.25, 0.3) is 6.08 Å². The summed E-state index contributed by atoms with van der Waals surface area (Å²) in [6, 6.07) is 7.61. The minimum atomic E-state index is -0.548. The molecule has 3 rings (SSSR count). The number of aryl methyl sites for hydroxylation is 1. The molecule has 0 aliphatic heterocycles. The quantitative estimate of drug-likeness (QED) is 0.447. The Bertz CT molecular complexity index is 1090. The number of nitriles is 2. The van der Waals surface area contributed by atoms with E-state index >= 15 is 0 Å². The second kappa shape index (κ2) is 9.80. The Kier molecular flexibility index (Phi) is 7.15. The third kappa shape index (κ3) is 4.51. The van der Waals surface area contributed by atoms with Gasteiger partial charge in [0.15, 0.2) is 11.5 Å². The predicted octanol–water partition coefficient (Wildman–Crippen LogP) is 5.21. The standard InChI is InChI=1S/C22H20BrN3O3S/c1-3-29-19-9-13(17(23)10-18(19)28-2)8-14(11-24)21(27)26-22-16(12-25)15-6-4-5-7-20(15)30-22/h8-10H,3-7H2,1-2H3,(H,26,27)/b14-8+. The highest BCUT2D eigenvalue weighted by atomic mass is 79.9. The van der Waals surface area contributed by atoms with Crippen LogP contribution in [0, 0.1) is 22.7 Å². The lowest BCUT2D eigenvalue weighted by molar-refractivity contribution is -0.112. The van der Waals surface area contributed by atoms with Crippen LogP contribution in [0.5, 0.6) is 11.5 Å². The molecule has 1 aromatic heterocycles. The Morgan fingerprint density at radius 1 is 1.30 bits per heavy atom. The summed E-state index contributed by atoms with van der Waals surface area (Å²) in [5.74, 6) is 0.518. The summed E-state index contributed by atoms with van der Waals surface area (Å²) in [6.07, 6.45) is 5.39. The van der Waals surface area contributed by atoms with Gasteiger partial charge in [-0.15, -0.1) is 11.3 Å². The second-order valence-corrected chi connectivity index (χ2v) is 8.57. The molecule has 2 aromatic rings. The maximum atomic E-state index is 12.8. The van der Waals surface area contributed by atoms with Crippen LogP contribution in [0.2, 0.25) is 0 Å². The maximum Gasteiger partial charge on any atom is 0.266 e. The normalized spacial score (nSPS) is 13.0. The summed E-state index contributed by atoms with van der Waals surface area (Å²) >= 11 is 4.88. The number of benzene rings is 1. The first-order valence-electron chi connectivity index (χ1n) is 9.50. The number of halogens is 1. The highest BCUT2D eigenvalue weighted by Gasteiger charge is 2.23. The number of methoxy groups -OCH3 is 1. The zero-order valence-corrected chi connectivity index (χ0v) is 19.1. The van der Waals surface area contributed by atoms with E-state index in [0.717, 1.165) is 36.1 Å². The second-order valence-electron chi connectivity index (χ2n) is 6.61. The van der Waals surface area contributed by atoms with Gasteiger partial charge in [-0.25, -0.2) is 0 Å². The van der Waals surface area contributed by atoms with Crippen LogP contribution in [0.1, 0.15) is 41.3 Å². The first kappa shape index (κ1) is 21.9. The van der Waals surface area contributed by atoms with Crippen molar-refractivity contribution in [3.8, 4) is 23.6 Å². The monoisotopic (exact) mass is 485 g/mol. The van der Waals surface area contributed by atoms with E-state index < -0.39 is 5.91 Å². The molecule has 0 saturated heterocycles. The first-order valence-corrected chi connectivity index (χ1v) is 11.1. The maximum absolute atomic E-state index is 12.8. The largest absolute Gasteiger partial charge is 0.493 e. The van der Waals surface area contributed by atoms with E-state index in [1.165, 1.54) is 17.4 Å². The van der Waals surface area contributed by atoms with Crippen LogP contribution in [0.4, 0.5) is 5.00 Å². The number of rotatable bonds is 6. The number of ether oxygens (including phenoxy) is 2. The number of hydrogen-bond acceptors (Lipinski definition) is 6.